The fourth-order valence-electron chi connectivity index (χ4n) is 0.431. The summed E-state index contributed by atoms with van der Waals surface area (Å²) in [6.45, 7) is 7.46. The Morgan fingerprint density at radius 1 is 1.00 bits per heavy atom. The minimum atomic E-state index is -1.99. The first-order chi connectivity index (χ1) is 4.52. The Labute approximate surface area is 63.9 Å². The Balaban J connectivity index is 3.34. The normalized spacial score (nSPS) is 12.0. The minimum absolute atomic E-state index is 0.0395. The molecule has 0 unspecified atom stereocenters. The van der Waals surface area contributed by atoms with Crippen LogP contribution in [0.4, 0.5) is 0 Å². The Hall–Kier alpha value is 0.0969. The number of rotatable bonds is 4. The van der Waals surface area contributed by atoms with Crippen LogP contribution in [-0.4, -0.2) is 26.5 Å². The van der Waals surface area contributed by atoms with Crippen molar-refractivity contribution in [2.75, 3.05) is 0 Å². The molecule has 0 heterocycles. The van der Waals surface area contributed by atoms with E-state index in [9.17, 15) is 0 Å². The molecule has 1 radical (unpaired) electrons. The lowest BCUT2D eigenvalue weighted by molar-refractivity contribution is 0.0790. The van der Waals surface area contributed by atoms with Gasteiger partial charge in [-0.05, 0) is 27.7 Å². The van der Waals surface area contributed by atoms with Gasteiger partial charge in [-0.3, -0.25) is 0 Å². The molecule has 0 fully saturated rings. The van der Waals surface area contributed by atoms with Gasteiger partial charge in [-0.2, -0.15) is 0 Å². The zero-order valence-corrected chi connectivity index (χ0v) is 7.92. The molecule has 0 saturated heterocycles. The molecule has 0 saturated carbocycles. The Bertz CT molecular complexity index is 75.1. The molecule has 0 aromatic rings. The van der Waals surface area contributed by atoms with Crippen molar-refractivity contribution in [3.05, 3.63) is 0 Å². The quantitative estimate of drug-likeness (QED) is 0.623. The highest BCUT2D eigenvalue weighted by molar-refractivity contribution is 6.34. The summed E-state index contributed by atoms with van der Waals surface area (Å²) < 4.78 is 9.99. The van der Waals surface area contributed by atoms with E-state index in [1.165, 1.54) is 0 Å². The van der Waals surface area contributed by atoms with Gasteiger partial charge >= 0.3 is 9.53 Å². The van der Waals surface area contributed by atoms with E-state index in [2.05, 4.69) is 0 Å². The molecule has 0 rings (SSSR count). The van der Waals surface area contributed by atoms with Crippen LogP contribution in [0, 0.1) is 0 Å². The average molecular weight is 163 g/mol. The molecular formula is C6H15O3Si. The van der Waals surface area contributed by atoms with Crippen LogP contribution in [0.3, 0.4) is 0 Å². The first-order valence-corrected chi connectivity index (χ1v) is 4.68. The molecule has 61 valence electrons. The standard InChI is InChI=1S/C6H15O3Si/c1-5(2)8-10(7)9-6(3)4/h5-7H,1-4H3. The van der Waals surface area contributed by atoms with Crippen molar-refractivity contribution < 1.29 is 13.6 Å². The van der Waals surface area contributed by atoms with Crippen molar-refractivity contribution in [1.82, 2.24) is 0 Å². The maximum Gasteiger partial charge on any atom is 0.575 e. The third-order valence-corrected chi connectivity index (χ3v) is 2.02. The van der Waals surface area contributed by atoms with Gasteiger partial charge in [0.25, 0.3) is 0 Å². The average Bonchev–Trinajstić information content (AvgIpc) is 1.58. The molecule has 0 aliphatic rings. The van der Waals surface area contributed by atoms with Gasteiger partial charge in [-0.25, -0.2) is 0 Å². The summed E-state index contributed by atoms with van der Waals surface area (Å²) in [6.07, 6.45) is 0.0790. The second kappa shape index (κ2) is 4.84. The van der Waals surface area contributed by atoms with Crippen LogP contribution in [-0.2, 0) is 8.85 Å². The summed E-state index contributed by atoms with van der Waals surface area (Å²) in [5, 5.41) is 0. The minimum Gasteiger partial charge on any atom is -0.387 e. The van der Waals surface area contributed by atoms with Crippen LogP contribution in [0.2, 0.25) is 0 Å². The van der Waals surface area contributed by atoms with Gasteiger partial charge in [0, 0.05) is 12.2 Å². The first kappa shape index (κ1) is 10.1. The lowest BCUT2D eigenvalue weighted by atomic mass is 10.5. The van der Waals surface area contributed by atoms with E-state index in [-0.39, 0.29) is 12.2 Å². The summed E-state index contributed by atoms with van der Waals surface area (Å²) in [4.78, 5) is 9.05. The van der Waals surface area contributed by atoms with Crippen LogP contribution in [0.1, 0.15) is 27.7 Å². The lowest BCUT2D eigenvalue weighted by Crippen LogP contribution is -2.29. The molecule has 0 bridgehead atoms. The van der Waals surface area contributed by atoms with Crippen LogP contribution in [0.25, 0.3) is 0 Å². The van der Waals surface area contributed by atoms with Crippen molar-refractivity contribution in [3.63, 3.8) is 0 Å². The van der Waals surface area contributed by atoms with Crippen LogP contribution in [0.15, 0.2) is 0 Å². The monoisotopic (exact) mass is 163 g/mol. The molecule has 0 amide bonds. The van der Waals surface area contributed by atoms with Crippen LogP contribution in [0.5, 0.6) is 0 Å². The van der Waals surface area contributed by atoms with Gasteiger partial charge in [0.05, 0.1) is 0 Å². The Morgan fingerprint density at radius 2 is 1.30 bits per heavy atom. The molecule has 10 heavy (non-hydrogen) atoms. The van der Waals surface area contributed by atoms with Gasteiger partial charge in [-0.1, -0.05) is 0 Å². The van der Waals surface area contributed by atoms with Crippen LogP contribution >= 0.6 is 0 Å². The van der Waals surface area contributed by atoms with Gasteiger partial charge in [0.15, 0.2) is 0 Å². The highest BCUT2D eigenvalue weighted by atomic mass is 28.3. The Morgan fingerprint density at radius 3 is 1.50 bits per heavy atom. The van der Waals surface area contributed by atoms with E-state index in [0.29, 0.717) is 0 Å². The summed E-state index contributed by atoms with van der Waals surface area (Å²) in [7, 11) is -1.99. The van der Waals surface area contributed by atoms with Crippen molar-refractivity contribution in [2.24, 2.45) is 0 Å². The predicted octanol–water partition coefficient (Wildman–Crippen LogP) is 0.814. The maximum absolute atomic E-state index is 9.05. The fraction of sp³-hybridized carbons (Fsp3) is 1.00. The third kappa shape index (κ3) is 6.22. The van der Waals surface area contributed by atoms with Crippen LogP contribution < -0.4 is 0 Å². The first-order valence-electron chi connectivity index (χ1n) is 3.41. The maximum atomic E-state index is 9.05. The SMILES string of the molecule is CC(C)O[Si](O)OC(C)C. The van der Waals surface area contributed by atoms with Crippen molar-refractivity contribution >= 4 is 9.53 Å². The third-order valence-electron chi connectivity index (χ3n) is 0.673. The van der Waals surface area contributed by atoms with Gasteiger partial charge in [-0.15, -0.1) is 0 Å². The number of hydrogen-bond acceptors (Lipinski definition) is 3. The molecule has 1 N–H and O–H groups in total. The van der Waals surface area contributed by atoms with E-state index in [4.69, 9.17) is 13.6 Å². The molecule has 3 nitrogen and oxygen atoms in total. The fourth-order valence-corrected chi connectivity index (χ4v) is 1.29. The van der Waals surface area contributed by atoms with Crippen molar-refractivity contribution in [2.45, 2.75) is 39.9 Å². The molecule has 0 aliphatic carbocycles. The van der Waals surface area contributed by atoms with E-state index < -0.39 is 9.53 Å². The smallest absolute Gasteiger partial charge is 0.387 e. The molecule has 0 aliphatic heterocycles. The Kier molecular flexibility index (Phi) is 4.89. The summed E-state index contributed by atoms with van der Waals surface area (Å²) in [5.74, 6) is 0. The second-order valence-corrected chi connectivity index (χ2v) is 3.60. The van der Waals surface area contributed by atoms with Crippen molar-refractivity contribution in [1.29, 1.82) is 0 Å². The van der Waals surface area contributed by atoms with E-state index in [1.807, 2.05) is 27.7 Å². The highest BCUT2D eigenvalue weighted by Crippen LogP contribution is 1.96. The van der Waals surface area contributed by atoms with Gasteiger partial charge in [0.1, 0.15) is 0 Å². The second-order valence-electron chi connectivity index (χ2n) is 2.60. The summed E-state index contributed by atoms with van der Waals surface area (Å²) >= 11 is 0. The molecular weight excluding hydrogens is 148 g/mol. The van der Waals surface area contributed by atoms with Gasteiger partial charge in [0.2, 0.25) is 0 Å². The largest absolute Gasteiger partial charge is 0.575 e. The molecule has 0 spiro atoms. The topological polar surface area (TPSA) is 38.7 Å². The zero-order valence-electron chi connectivity index (χ0n) is 6.92. The molecule has 0 aromatic carbocycles. The number of hydrogen-bond donors (Lipinski definition) is 1. The zero-order chi connectivity index (χ0) is 8.15. The summed E-state index contributed by atoms with van der Waals surface area (Å²) in [5.41, 5.74) is 0. The van der Waals surface area contributed by atoms with Gasteiger partial charge < -0.3 is 13.6 Å². The van der Waals surface area contributed by atoms with E-state index >= 15 is 0 Å². The highest BCUT2D eigenvalue weighted by Gasteiger charge is 2.16. The van der Waals surface area contributed by atoms with Crippen molar-refractivity contribution in [3.8, 4) is 0 Å². The summed E-state index contributed by atoms with van der Waals surface area (Å²) in [6, 6.07) is 0. The molecule has 4 heteroatoms. The predicted molar refractivity (Wildman–Crippen MR) is 40.4 cm³/mol. The molecule has 0 aromatic heterocycles. The molecule has 0 atom stereocenters. The lowest BCUT2D eigenvalue weighted by Gasteiger charge is -2.13. The van der Waals surface area contributed by atoms with E-state index in [1.54, 1.807) is 0 Å². The van der Waals surface area contributed by atoms with E-state index in [0.717, 1.165) is 0 Å².